The maximum atomic E-state index is 5.93. The van der Waals surface area contributed by atoms with Crippen molar-refractivity contribution in [1.82, 2.24) is 0 Å². The summed E-state index contributed by atoms with van der Waals surface area (Å²) in [5.74, 6) is 0.857. The first-order valence-corrected chi connectivity index (χ1v) is 6.20. The van der Waals surface area contributed by atoms with Crippen LogP contribution in [0.4, 0.5) is 0 Å². The number of benzene rings is 1. The van der Waals surface area contributed by atoms with E-state index in [1.54, 1.807) is 0 Å². The Bertz CT molecular complexity index is 326. The normalized spacial score (nSPS) is 12.5. The highest BCUT2D eigenvalue weighted by Gasteiger charge is 2.08. The van der Waals surface area contributed by atoms with Crippen molar-refractivity contribution >= 4 is 11.6 Å². The molecule has 90 valence electrons. The van der Waals surface area contributed by atoms with Gasteiger partial charge in [-0.05, 0) is 31.5 Å². The summed E-state index contributed by atoms with van der Waals surface area (Å²) in [5.41, 5.74) is 6.85. The number of unbranched alkanes of at least 4 members (excludes halogenated alkanes) is 2. The number of hydrogen-bond acceptors (Lipinski definition) is 2. The van der Waals surface area contributed by atoms with E-state index in [9.17, 15) is 0 Å². The molecule has 0 aliphatic heterocycles. The molecule has 0 unspecified atom stereocenters. The summed E-state index contributed by atoms with van der Waals surface area (Å²) < 4.78 is 5.72. The Morgan fingerprint density at radius 1 is 1.38 bits per heavy atom. The zero-order valence-corrected chi connectivity index (χ0v) is 10.8. The second-order valence-corrected chi connectivity index (χ2v) is 4.46. The van der Waals surface area contributed by atoms with Crippen LogP contribution in [-0.2, 0) is 0 Å². The van der Waals surface area contributed by atoms with Crippen molar-refractivity contribution < 1.29 is 4.74 Å². The molecule has 0 aliphatic carbocycles. The monoisotopic (exact) mass is 241 g/mol. The number of hydrogen-bond donors (Lipinski definition) is 1. The Balaban J connectivity index is 2.64. The van der Waals surface area contributed by atoms with E-state index in [2.05, 4.69) is 6.92 Å². The van der Waals surface area contributed by atoms with E-state index >= 15 is 0 Å². The van der Waals surface area contributed by atoms with Crippen LogP contribution in [0.2, 0.25) is 5.02 Å². The molecule has 0 amide bonds. The van der Waals surface area contributed by atoms with Gasteiger partial charge in [0.1, 0.15) is 5.75 Å². The summed E-state index contributed by atoms with van der Waals surface area (Å²) in [6, 6.07) is 5.55. The molecule has 1 atom stereocenters. The molecule has 0 spiro atoms. The Morgan fingerprint density at radius 3 is 2.75 bits per heavy atom. The van der Waals surface area contributed by atoms with Crippen LogP contribution in [0.15, 0.2) is 18.2 Å². The van der Waals surface area contributed by atoms with Gasteiger partial charge in [-0.3, -0.25) is 0 Å². The molecule has 0 heterocycles. The van der Waals surface area contributed by atoms with Gasteiger partial charge in [0, 0.05) is 16.6 Å². The number of ether oxygens (including phenoxy) is 1. The predicted molar refractivity (Wildman–Crippen MR) is 69.1 cm³/mol. The molecule has 1 rings (SSSR count). The van der Waals surface area contributed by atoms with Crippen LogP contribution in [0, 0.1) is 0 Å². The summed E-state index contributed by atoms with van der Waals surface area (Å²) in [7, 11) is 0. The van der Waals surface area contributed by atoms with E-state index in [-0.39, 0.29) is 6.04 Å². The van der Waals surface area contributed by atoms with Crippen molar-refractivity contribution in [1.29, 1.82) is 0 Å². The van der Waals surface area contributed by atoms with Crippen LogP contribution in [0.3, 0.4) is 0 Å². The fourth-order valence-electron chi connectivity index (χ4n) is 1.54. The first kappa shape index (κ1) is 13.3. The fraction of sp³-hybridized carbons (Fsp3) is 0.538. The summed E-state index contributed by atoms with van der Waals surface area (Å²) in [6.45, 7) is 4.86. The van der Waals surface area contributed by atoms with Gasteiger partial charge in [-0.25, -0.2) is 0 Å². The third-order valence-electron chi connectivity index (χ3n) is 2.47. The van der Waals surface area contributed by atoms with Gasteiger partial charge in [0.15, 0.2) is 0 Å². The summed E-state index contributed by atoms with van der Waals surface area (Å²) in [5, 5.41) is 0.702. The average molecular weight is 242 g/mol. The van der Waals surface area contributed by atoms with E-state index < -0.39 is 0 Å². The average Bonchev–Trinajstić information content (AvgIpc) is 2.26. The molecule has 0 fully saturated rings. The minimum atomic E-state index is -0.0557. The highest BCUT2D eigenvalue weighted by atomic mass is 35.5. The Morgan fingerprint density at radius 2 is 2.12 bits per heavy atom. The molecule has 3 heteroatoms. The summed E-state index contributed by atoms with van der Waals surface area (Å²) in [6.07, 6.45) is 3.47. The Kier molecular flexibility index (Phi) is 5.64. The van der Waals surface area contributed by atoms with Crippen LogP contribution in [0.1, 0.15) is 44.7 Å². The van der Waals surface area contributed by atoms with Crippen LogP contribution in [0.5, 0.6) is 5.75 Å². The maximum absolute atomic E-state index is 5.93. The molecule has 0 saturated heterocycles. The van der Waals surface area contributed by atoms with Crippen molar-refractivity contribution in [3.8, 4) is 5.75 Å². The van der Waals surface area contributed by atoms with E-state index in [0.717, 1.165) is 24.3 Å². The molecule has 0 saturated carbocycles. The molecule has 2 nitrogen and oxygen atoms in total. The quantitative estimate of drug-likeness (QED) is 0.766. The summed E-state index contributed by atoms with van der Waals surface area (Å²) in [4.78, 5) is 0. The lowest BCUT2D eigenvalue weighted by Gasteiger charge is -2.14. The van der Waals surface area contributed by atoms with E-state index in [1.807, 2.05) is 25.1 Å². The van der Waals surface area contributed by atoms with E-state index in [4.69, 9.17) is 22.1 Å². The second-order valence-electron chi connectivity index (χ2n) is 4.03. The van der Waals surface area contributed by atoms with Gasteiger partial charge in [-0.2, -0.15) is 0 Å². The first-order valence-electron chi connectivity index (χ1n) is 5.83. The van der Waals surface area contributed by atoms with Gasteiger partial charge in [-0.15, -0.1) is 0 Å². The van der Waals surface area contributed by atoms with Crippen molar-refractivity contribution in [3.05, 3.63) is 28.8 Å². The molecule has 0 aromatic heterocycles. The smallest absolute Gasteiger partial charge is 0.124 e. The fourth-order valence-corrected chi connectivity index (χ4v) is 1.72. The van der Waals surface area contributed by atoms with Gasteiger partial charge in [-0.1, -0.05) is 31.4 Å². The van der Waals surface area contributed by atoms with Crippen molar-refractivity contribution in [2.75, 3.05) is 6.61 Å². The standard InChI is InChI=1S/C13H20ClNO/c1-3-4-5-8-16-13-7-6-11(14)9-12(13)10(2)15/h6-7,9-10H,3-5,8,15H2,1-2H3/t10-/m0/s1. The second kappa shape index (κ2) is 6.77. The maximum Gasteiger partial charge on any atom is 0.124 e. The highest BCUT2D eigenvalue weighted by Crippen LogP contribution is 2.27. The molecule has 16 heavy (non-hydrogen) atoms. The van der Waals surface area contributed by atoms with Gasteiger partial charge < -0.3 is 10.5 Å². The molecule has 1 aromatic rings. The van der Waals surface area contributed by atoms with Gasteiger partial charge in [0.2, 0.25) is 0 Å². The third kappa shape index (κ3) is 4.03. The van der Waals surface area contributed by atoms with Crippen LogP contribution >= 0.6 is 11.6 Å². The van der Waals surface area contributed by atoms with Gasteiger partial charge in [0.05, 0.1) is 6.61 Å². The lowest BCUT2D eigenvalue weighted by molar-refractivity contribution is 0.302. The number of halogens is 1. The van der Waals surface area contributed by atoms with Crippen LogP contribution in [-0.4, -0.2) is 6.61 Å². The zero-order chi connectivity index (χ0) is 12.0. The topological polar surface area (TPSA) is 35.2 Å². The molecule has 0 bridgehead atoms. The number of nitrogens with two attached hydrogens (primary N) is 1. The van der Waals surface area contributed by atoms with Gasteiger partial charge >= 0.3 is 0 Å². The van der Waals surface area contributed by atoms with Crippen molar-refractivity contribution in [2.45, 2.75) is 39.2 Å². The first-order chi connectivity index (χ1) is 7.65. The Labute approximate surface area is 103 Å². The molecular weight excluding hydrogens is 222 g/mol. The summed E-state index contributed by atoms with van der Waals surface area (Å²) >= 11 is 5.93. The largest absolute Gasteiger partial charge is 0.493 e. The molecule has 0 radical (unpaired) electrons. The number of rotatable bonds is 6. The van der Waals surface area contributed by atoms with Gasteiger partial charge in [0.25, 0.3) is 0 Å². The molecular formula is C13H20ClNO. The lowest BCUT2D eigenvalue weighted by atomic mass is 10.1. The van der Waals surface area contributed by atoms with Crippen molar-refractivity contribution in [2.24, 2.45) is 5.73 Å². The van der Waals surface area contributed by atoms with E-state index in [1.165, 1.54) is 12.8 Å². The third-order valence-corrected chi connectivity index (χ3v) is 2.70. The van der Waals surface area contributed by atoms with E-state index in [0.29, 0.717) is 5.02 Å². The molecule has 2 N–H and O–H groups in total. The lowest BCUT2D eigenvalue weighted by Crippen LogP contribution is -2.08. The van der Waals surface area contributed by atoms with Crippen LogP contribution in [0.25, 0.3) is 0 Å². The zero-order valence-electron chi connectivity index (χ0n) is 10.0. The predicted octanol–water partition coefficient (Wildman–Crippen LogP) is 3.93. The highest BCUT2D eigenvalue weighted by molar-refractivity contribution is 6.30. The molecule has 1 aromatic carbocycles. The minimum Gasteiger partial charge on any atom is -0.493 e. The SMILES string of the molecule is CCCCCOc1ccc(Cl)cc1[C@H](C)N. The Hall–Kier alpha value is -0.730. The van der Waals surface area contributed by atoms with Crippen molar-refractivity contribution in [3.63, 3.8) is 0 Å². The minimum absolute atomic E-state index is 0.0557. The van der Waals surface area contributed by atoms with Crippen LogP contribution < -0.4 is 10.5 Å². The molecule has 0 aliphatic rings.